The monoisotopic (exact) mass is 446 g/mol. The molecule has 3 aromatic rings. The highest BCUT2D eigenvalue weighted by atomic mass is 16.3. The lowest BCUT2D eigenvalue weighted by atomic mass is 10.0. The molecule has 0 spiro atoms. The zero-order valence-electron chi connectivity index (χ0n) is 18.3. The number of hydrogen-bond donors (Lipinski definition) is 2. The summed E-state index contributed by atoms with van der Waals surface area (Å²) >= 11 is 0. The maximum absolute atomic E-state index is 13.3. The van der Waals surface area contributed by atoms with Gasteiger partial charge in [-0.1, -0.05) is 24.3 Å². The van der Waals surface area contributed by atoms with Gasteiger partial charge < -0.3 is 19.6 Å². The maximum atomic E-state index is 13.3. The molecular weight excluding hydrogens is 420 g/mol. The van der Waals surface area contributed by atoms with Gasteiger partial charge in [-0.15, -0.1) is 0 Å². The van der Waals surface area contributed by atoms with E-state index in [0.717, 1.165) is 52.7 Å². The molecule has 2 N–H and O–H groups in total. The summed E-state index contributed by atoms with van der Waals surface area (Å²) in [4.78, 5) is 44.8. The minimum atomic E-state index is -0.697. The van der Waals surface area contributed by atoms with Gasteiger partial charge in [-0.3, -0.25) is 14.5 Å². The summed E-state index contributed by atoms with van der Waals surface area (Å²) in [5, 5.41) is 3.76. The zero-order chi connectivity index (χ0) is 22.8. The van der Waals surface area contributed by atoms with E-state index in [1.807, 2.05) is 36.5 Å². The van der Waals surface area contributed by atoms with E-state index in [-0.39, 0.29) is 24.9 Å². The summed E-state index contributed by atoms with van der Waals surface area (Å²) in [5.74, 6) is -0.0192. The molecule has 1 aromatic carbocycles. The molecule has 8 nitrogen and oxygen atoms in total. The van der Waals surface area contributed by atoms with E-state index >= 15 is 0 Å². The van der Waals surface area contributed by atoms with Crippen LogP contribution in [0.4, 0.5) is 4.79 Å². The first-order valence-corrected chi connectivity index (χ1v) is 11.3. The Balaban J connectivity index is 1.30. The highest BCUT2D eigenvalue weighted by Gasteiger charge is 2.40. The third kappa shape index (κ3) is 4.28. The van der Waals surface area contributed by atoms with Crippen molar-refractivity contribution in [3.63, 3.8) is 0 Å². The van der Waals surface area contributed by atoms with Gasteiger partial charge in [-0.2, -0.15) is 0 Å². The molecule has 5 rings (SSSR count). The van der Waals surface area contributed by atoms with Crippen molar-refractivity contribution >= 4 is 28.7 Å². The number of H-pyrrole nitrogens is 1. The van der Waals surface area contributed by atoms with Crippen LogP contribution in [0, 0.1) is 0 Å². The Morgan fingerprint density at radius 1 is 1.15 bits per heavy atom. The number of allylic oxidation sites excluding steroid dienone is 2. The Morgan fingerprint density at radius 2 is 2.03 bits per heavy atom. The van der Waals surface area contributed by atoms with Crippen molar-refractivity contribution in [3.05, 3.63) is 72.0 Å². The van der Waals surface area contributed by atoms with E-state index in [1.54, 1.807) is 17.2 Å². The highest BCUT2D eigenvalue weighted by Crippen LogP contribution is 2.25. The Morgan fingerprint density at radius 3 is 2.82 bits per heavy atom. The van der Waals surface area contributed by atoms with Gasteiger partial charge in [-0.05, 0) is 49.4 Å². The summed E-state index contributed by atoms with van der Waals surface area (Å²) in [6, 6.07) is 10.2. The highest BCUT2D eigenvalue weighted by molar-refractivity contribution is 6.07. The van der Waals surface area contributed by atoms with Crippen molar-refractivity contribution < 1.29 is 18.8 Å². The van der Waals surface area contributed by atoms with Gasteiger partial charge in [0.25, 0.3) is 5.91 Å². The van der Waals surface area contributed by atoms with Crippen LogP contribution in [0.5, 0.6) is 0 Å². The molecule has 1 atom stereocenters. The summed E-state index contributed by atoms with van der Waals surface area (Å²) in [5.41, 5.74) is 2.85. The van der Waals surface area contributed by atoms with E-state index in [2.05, 4.69) is 16.4 Å². The third-order valence-electron chi connectivity index (χ3n) is 6.31. The number of fused-ring (bicyclic) bond motifs is 1. The first kappa shape index (κ1) is 21.1. The Kier molecular flexibility index (Phi) is 5.73. The molecule has 170 valence electrons. The van der Waals surface area contributed by atoms with Gasteiger partial charge >= 0.3 is 6.03 Å². The Labute approximate surface area is 191 Å². The van der Waals surface area contributed by atoms with Gasteiger partial charge in [0, 0.05) is 29.2 Å². The fourth-order valence-corrected chi connectivity index (χ4v) is 4.58. The number of urea groups is 1. The maximum Gasteiger partial charge on any atom is 0.325 e. The predicted octanol–water partition coefficient (Wildman–Crippen LogP) is 3.71. The van der Waals surface area contributed by atoms with Crippen LogP contribution in [-0.4, -0.2) is 45.2 Å². The fourth-order valence-electron chi connectivity index (χ4n) is 4.58. The standard InChI is InChI=1S/C25H26N4O4/c30-23(28(15-19-9-6-12-33-19)18-7-2-1-3-8-18)16-29-24(31)22(27-25(29)32)13-17-14-26-21-11-5-4-10-20(17)21/h4-7,9-12,14,22,26H,1-3,8,13,15-16H2,(H,27,32). The quantitative estimate of drug-likeness (QED) is 0.541. The lowest BCUT2D eigenvalue weighted by molar-refractivity contribution is -0.136. The van der Waals surface area contributed by atoms with Crippen LogP contribution in [0.2, 0.25) is 0 Å². The summed E-state index contributed by atoms with van der Waals surface area (Å²) < 4.78 is 5.44. The molecular formula is C25H26N4O4. The first-order chi connectivity index (χ1) is 16.1. The number of aromatic amines is 1. The van der Waals surface area contributed by atoms with Gasteiger partial charge in [0.15, 0.2) is 0 Å². The normalized spacial score (nSPS) is 18.5. The van der Waals surface area contributed by atoms with Gasteiger partial charge in [0.05, 0.1) is 12.8 Å². The molecule has 1 unspecified atom stereocenters. The van der Waals surface area contributed by atoms with Crippen LogP contribution < -0.4 is 5.32 Å². The summed E-state index contributed by atoms with van der Waals surface area (Å²) in [6.45, 7) is -0.0207. The molecule has 0 radical (unpaired) electrons. The number of rotatable bonds is 7. The number of hydrogen-bond acceptors (Lipinski definition) is 4. The number of benzene rings is 1. The lowest BCUT2D eigenvalue weighted by Gasteiger charge is -2.28. The average molecular weight is 447 g/mol. The Bertz CT molecular complexity index is 1210. The second-order valence-electron chi connectivity index (χ2n) is 8.49. The van der Waals surface area contributed by atoms with Crippen LogP contribution in [0.25, 0.3) is 10.9 Å². The molecule has 0 saturated carbocycles. The number of carbonyl (C=O) groups is 3. The first-order valence-electron chi connectivity index (χ1n) is 11.3. The van der Waals surface area contributed by atoms with E-state index in [4.69, 9.17) is 4.42 Å². The molecule has 0 bridgehead atoms. The van der Waals surface area contributed by atoms with Gasteiger partial charge in [0.1, 0.15) is 18.3 Å². The molecule has 1 aliphatic heterocycles. The minimum Gasteiger partial charge on any atom is -0.467 e. The zero-order valence-corrected chi connectivity index (χ0v) is 18.3. The molecule has 4 amide bonds. The number of nitrogens with zero attached hydrogens (tertiary/aromatic N) is 2. The van der Waals surface area contributed by atoms with Crippen LogP contribution in [-0.2, 0) is 22.6 Å². The SMILES string of the molecule is O=C(CN1C(=O)NC(Cc2c[nH]c3ccccc23)C1=O)N(Cc1ccco1)C1=CCCCC1. The molecule has 2 aromatic heterocycles. The van der Waals surface area contributed by atoms with Crippen molar-refractivity contribution in [2.75, 3.05) is 6.54 Å². The molecule has 3 heterocycles. The number of furan rings is 1. The predicted molar refractivity (Wildman–Crippen MR) is 122 cm³/mol. The number of aromatic nitrogens is 1. The number of carbonyl (C=O) groups excluding carboxylic acids is 3. The fraction of sp³-hybridized carbons (Fsp3) is 0.320. The van der Waals surface area contributed by atoms with Crippen molar-refractivity contribution in [2.45, 2.75) is 44.7 Å². The van der Waals surface area contributed by atoms with Crippen molar-refractivity contribution in [2.24, 2.45) is 0 Å². The van der Waals surface area contributed by atoms with E-state index in [0.29, 0.717) is 12.2 Å². The second kappa shape index (κ2) is 8.97. The van der Waals surface area contributed by atoms with Crippen molar-refractivity contribution in [1.29, 1.82) is 0 Å². The molecule has 1 saturated heterocycles. The van der Waals surface area contributed by atoms with E-state index in [1.165, 1.54) is 0 Å². The van der Waals surface area contributed by atoms with E-state index in [9.17, 15) is 14.4 Å². The van der Waals surface area contributed by atoms with Crippen LogP contribution in [0.1, 0.15) is 37.0 Å². The summed E-state index contributed by atoms with van der Waals surface area (Å²) in [6.07, 6.45) is 9.65. The van der Waals surface area contributed by atoms with Crippen molar-refractivity contribution in [3.8, 4) is 0 Å². The summed E-state index contributed by atoms with van der Waals surface area (Å²) in [7, 11) is 0. The molecule has 33 heavy (non-hydrogen) atoms. The van der Waals surface area contributed by atoms with Gasteiger partial charge in [-0.25, -0.2) is 4.79 Å². The van der Waals surface area contributed by atoms with Crippen LogP contribution >= 0.6 is 0 Å². The molecule has 8 heteroatoms. The average Bonchev–Trinajstić information content (AvgIpc) is 3.56. The molecule has 2 aliphatic rings. The van der Waals surface area contributed by atoms with E-state index < -0.39 is 12.1 Å². The smallest absolute Gasteiger partial charge is 0.325 e. The van der Waals surface area contributed by atoms with Crippen LogP contribution in [0.3, 0.4) is 0 Å². The minimum absolute atomic E-state index is 0.278. The Hall–Kier alpha value is -3.81. The number of nitrogens with one attached hydrogen (secondary N) is 2. The lowest BCUT2D eigenvalue weighted by Crippen LogP contribution is -2.43. The third-order valence-corrected chi connectivity index (χ3v) is 6.31. The largest absolute Gasteiger partial charge is 0.467 e. The van der Waals surface area contributed by atoms with Crippen molar-refractivity contribution in [1.82, 2.24) is 20.1 Å². The number of amides is 4. The second-order valence-corrected chi connectivity index (χ2v) is 8.49. The van der Waals surface area contributed by atoms with Crippen LogP contribution in [0.15, 0.2) is 65.0 Å². The molecule has 1 aliphatic carbocycles. The topological polar surface area (TPSA) is 98.7 Å². The number of imide groups is 1. The molecule has 1 fully saturated rings. The number of para-hydroxylation sites is 1. The van der Waals surface area contributed by atoms with Gasteiger partial charge in [0.2, 0.25) is 5.91 Å².